The molecule has 0 saturated heterocycles. The highest BCUT2D eigenvalue weighted by Gasteiger charge is 2.23. The Morgan fingerprint density at radius 3 is 1.89 bits per heavy atom. The van der Waals surface area contributed by atoms with E-state index in [0.29, 0.717) is 0 Å². The normalized spacial score (nSPS) is 11.8. The van der Waals surface area contributed by atoms with E-state index in [2.05, 4.69) is 193 Å². The number of thiophene rings is 1. The van der Waals surface area contributed by atoms with Crippen molar-refractivity contribution in [1.82, 2.24) is 0 Å². The van der Waals surface area contributed by atoms with Crippen molar-refractivity contribution >= 4 is 92.1 Å². The first-order valence-corrected chi connectivity index (χ1v) is 18.8. The van der Waals surface area contributed by atoms with E-state index in [1.807, 2.05) is 11.3 Å². The second-order valence-electron chi connectivity index (χ2n) is 13.7. The van der Waals surface area contributed by atoms with Gasteiger partial charge in [0.1, 0.15) is 11.2 Å². The fraction of sp³-hybridized carbons (Fsp3) is 0. The van der Waals surface area contributed by atoms with E-state index in [1.165, 1.54) is 47.3 Å². The lowest BCUT2D eigenvalue weighted by atomic mass is 9.98. The second-order valence-corrected chi connectivity index (χ2v) is 14.8. The standard InChI is InChI=1S/C50H31NOS/c1-3-11-32(12-4-1)36-22-25-43-46(29-36)52-50-40(33-13-5-2-6-14-33)27-28-45(49(43)50)51(38-24-26-42-41-17-9-10-18-47(41)53-48(42)31-38)37-23-21-35-20-19-34-15-7-8-16-39(34)44(35)30-37/h1-31H. The lowest BCUT2D eigenvalue weighted by Crippen LogP contribution is -2.10. The average Bonchev–Trinajstić information content (AvgIpc) is 3.80. The van der Waals surface area contributed by atoms with Gasteiger partial charge in [0.05, 0.1) is 11.1 Å². The van der Waals surface area contributed by atoms with Crippen molar-refractivity contribution in [3.05, 3.63) is 188 Å². The fourth-order valence-electron chi connectivity index (χ4n) is 8.11. The molecular formula is C50H31NOS. The second kappa shape index (κ2) is 11.9. The first-order valence-electron chi connectivity index (χ1n) is 18.0. The fourth-order valence-corrected chi connectivity index (χ4v) is 9.25. The Hall–Kier alpha value is -6.68. The molecule has 0 aliphatic heterocycles. The SMILES string of the molecule is c1ccc(-c2ccc3c(c2)oc2c(-c4ccccc4)ccc(N(c4ccc5c(c4)sc4ccccc45)c4ccc5ccc6ccccc6c5c4)c23)cc1. The van der Waals surface area contributed by atoms with Crippen molar-refractivity contribution in [2.45, 2.75) is 0 Å². The summed E-state index contributed by atoms with van der Waals surface area (Å²) in [5.74, 6) is 0. The molecule has 2 nitrogen and oxygen atoms in total. The van der Waals surface area contributed by atoms with Crippen molar-refractivity contribution in [3.8, 4) is 22.3 Å². The molecule has 0 spiro atoms. The monoisotopic (exact) mass is 693 g/mol. The number of hydrogen-bond donors (Lipinski definition) is 0. The first kappa shape index (κ1) is 30.0. The Labute approximate surface area is 310 Å². The van der Waals surface area contributed by atoms with Crippen molar-refractivity contribution < 1.29 is 4.42 Å². The summed E-state index contributed by atoms with van der Waals surface area (Å²) >= 11 is 1.85. The van der Waals surface area contributed by atoms with E-state index in [1.54, 1.807) is 0 Å². The minimum atomic E-state index is 0.871. The predicted octanol–water partition coefficient (Wildman–Crippen LogP) is 15.1. The molecule has 53 heavy (non-hydrogen) atoms. The number of furan rings is 1. The first-order chi connectivity index (χ1) is 26.3. The summed E-state index contributed by atoms with van der Waals surface area (Å²) in [6, 6.07) is 67.9. The van der Waals surface area contributed by atoms with Crippen molar-refractivity contribution in [2.24, 2.45) is 0 Å². The van der Waals surface area contributed by atoms with Crippen LogP contribution in [-0.4, -0.2) is 0 Å². The molecule has 0 aliphatic carbocycles. The van der Waals surface area contributed by atoms with Crippen LogP contribution in [-0.2, 0) is 0 Å². The highest BCUT2D eigenvalue weighted by atomic mass is 32.1. The molecule has 0 saturated carbocycles. The van der Waals surface area contributed by atoms with E-state index < -0.39 is 0 Å². The summed E-state index contributed by atoms with van der Waals surface area (Å²) < 4.78 is 9.54. The zero-order valence-electron chi connectivity index (χ0n) is 28.7. The quantitative estimate of drug-likeness (QED) is 0.167. The summed E-state index contributed by atoms with van der Waals surface area (Å²) in [6.07, 6.45) is 0. The third-order valence-electron chi connectivity index (χ3n) is 10.6. The van der Waals surface area contributed by atoms with Gasteiger partial charge in [0, 0.05) is 42.5 Å². The molecule has 0 radical (unpaired) electrons. The molecule has 0 N–H and O–H groups in total. The van der Waals surface area contributed by atoms with Gasteiger partial charge >= 0.3 is 0 Å². The molecule has 0 amide bonds. The summed E-state index contributed by atoms with van der Waals surface area (Å²) in [7, 11) is 0. The molecule has 0 unspecified atom stereocenters. The molecule has 0 aliphatic rings. The number of rotatable bonds is 5. The number of anilines is 3. The van der Waals surface area contributed by atoms with Gasteiger partial charge in [-0.05, 0) is 92.8 Å². The van der Waals surface area contributed by atoms with E-state index in [4.69, 9.17) is 4.42 Å². The summed E-state index contributed by atoms with van der Waals surface area (Å²) in [5.41, 5.74) is 9.53. The van der Waals surface area contributed by atoms with Crippen LogP contribution < -0.4 is 4.90 Å². The molecule has 2 aromatic heterocycles. The van der Waals surface area contributed by atoms with Gasteiger partial charge in [-0.3, -0.25) is 0 Å². The van der Waals surface area contributed by atoms with Crippen LogP contribution in [0.1, 0.15) is 0 Å². The van der Waals surface area contributed by atoms with Crippen LogP contribution in [0.15, 0.2) is 192 Å². The molecule has 2 heterocycles. The number of benzene rings is 9. The zero-order chi connectivity index (χ0) is 34.9. The van der Waals surface area contributed by atoms with Crippen LogP contribution in [0.2, 0.25) is 0 Å². The minimum absolute atomic E-state index is 0.871. The molecule has 0 fully saturated rings. The summed E-state index contributed by atoms with van der Waals surface area (Å²) in [6.45, 7) is 0. The van der Waals surface area contributed by atoms with Crippen LogP contribution in [0.4, 0.5) is 17.1 Å². The maximum Gasteiger partial charge on any atom is 0.145 e. The maximum absolute atomic E-state index is 6.98. The van der Waals surface area contributed by atoms with Gasteiger partial charge in [-0.1, -0.05) is 133 Å². The van der Waals surface area contributed by atoms with Crippen molar-refractivity contribution in [1.29, 1.82) is 0 Å². The van der Waals surface area contributed by atoms with E-state index in [0.717, 1.165) is 55.7 Å². The Kier molecular flexibility index (Phi) is 6.76. The van der Waals surface area contributed by atoms with Gasteiger partial charge in [0.25, 0.3) is 0 Å². The van der Waals surface area contributed by atoms with Gasteiger partial charge in [0.2, 0.25) is 0 Å². The van der Waals surface area contributed by atoms with Crippen molar-refractivity contribution in [2.75, 3.05) is 4.90 Å². The van der Waals surface area contributed by atoms with Crippen LogP contribution in [0, 0.1) is 0 Å². The predicted molar refractivity (Wildman–Crippen MR) is 227 cm³/mol. The van der Waals surface area contributed by atoms with Gasteiger partial charge in [-0.15, -0.1) is 11.3 Å². The molecule has 3 heteroatoms. The van der Waals surface area contributed by atoms with Crippen molar-refractivity contribution in [3.63, 3.8) is 0 Å². The lowest BCUT2D eigenvalue weighted by Gasteiger charge is -2.27. The summed E-state index contributed by atoms with van der Waals surface area (Å²) in [4.78, 5) is 2.43. The molecule has 0 atom stereocenters. The largest absolute Gasteiger partial charge is 0.455 e. The van der Waals surface area contributed by atoms with E-state index in [9.17, 15) is 0 Å². The Balaban J connectivity index is 1.22. The average molecular weight is 694 g/mol. The Morgan fingerprint density at radius 1 is 0.396 bits per heavy atom. The molecule has 11 aromatic rings. The maximum atomic E-state index is 6.98. The Bertz CT molecular complexity index is 3180. The van der Waals surface area contributed by atoms with E-state index in [-0.39, 0.29) is 0 Å². The van der Waals surface area contributed by atoms with Gasteiger partial charge < -0.3 is 9.32 Å². The molecule has 9 aromatic carbocycles. The zero-order valence-corrected chi connectivity index (χ0v) is 29.5. The van der Waals surface area contributed by atoms with Crippen LogP contribution in [0.5, 0.6) is 0 Å². The summed E-state index contributed by atoms with van der Waals surface area (Å²) in [5, 5.41) is 9.70. The van der Waals surface area contributed by atoms with E-state index >= 15 is 0 Å². The topological polar surface area (TPSA) is 16.4 Å². The molecule has 248 valence electrons. The van der Waals surface area contributed by atoms with Gasteiger partial charge in [0.15, 0.2) is 0 Å². The third-order valence-corrected chi connectivity index (χ3v) is 11.8. The number of fused-ring (bicyclic) bond motifs is 9. The lowest BCUT2D eigenvalue weighted by molar-refractivity contribution is 0.670. The number of nitrogens with zero attached hydrogens (tertiary/aromatic N) is 1. The minimum Gasteiger partial charge on any atom is -0.455 e. The smallest absolute Gasteiger partial charge is 0.145 e. The highest BCUT2D eigenvalue weighted by Crippen LogP contribution is 2.48. The van der Waals surface area contributed by atoms with Gasteiger partial charge in [-0.25, -0.2) is 0 Å². The molecule has 11 rings (SSSR count). The van der Waals surface area contributed by atoms with Crippen LogP contribution in [0.3, 0.4) is 0 Å². The van der Waals surface area contributed by atoms with Gasteiger partial charge in [-0.2, -0.15) is 0 Å². The van der Waals surface area contributed by atoms with Crippen LogP contribution in [0.25, 0.3) is 85.9 Å². The highest BCUT2D eigenvalue weighted by molar-refractivity contribution is 7.25. The molecular weight excluding hydrogens is 663 g/mol. The molecule has 0 bridgehead atoms. The van der Waals surface area contributed by atoms with Crippen LogP contribution >= 0.6 is 11.3 Å². The number of hydrogen-bond acceptors (Lipinski definition) is 3. The Morgan fingerprint density at radius 2 is 1.04 bits per heavy atom. The third kappa shape index (κ3) is 4.86.